The molecular weight excluding hydrogens is 925 g/mol. The zero-order valence-electron chi connectivity index (χ0n) is 49.8. The number of rotatable bonds is 59. The van der Waals surface area contributed by atoms with Crippen molar-refractivity contribution in [3.8, 4) is 0 Å². The Labute approximate surface area is 465 Å². The zero-order chi connectivity index (χ0) is 54.3. The molecule has 0 radical (unpaired) electrons. The molecule has 0 aliphatic carbocycles. The van der Waals surface area contributed by atoms with Crippen molar-refractivity contribution in [1.82, 2.24) is 0 Å². The summed E-state index contributed by atoms with van der Waals surface area (Å²) in [5.41, 5.74) is 0. The van der Waals surface area contributed by atoms with Crippen LogP contribution >= 0.6 is 0 Å². The van der Waals surface area contributed by atoms with E-state index in [9.17, 15) is 14.4 Å². The van der Waals surface area contributed by atoms with Crippen LogP contribution in [0.3, 0.4) is 0 Å². The second-order valence-electron chi connectivity index (χ2n) is 21.6. The number of esters is 3. The first-order valence-corrected chi connectivity index (χ1v) is 32.4. The predicted molar refractivity (Wildman–Crippen MR) is 325 cm³/mol. The van der Waals surface area contributed by atoms with Gasteiger partial charge in [-0.15, -0.1) is 0 Å². The van der Waals surface area contributed by atoms with Crippen molar-refractivity contribution in [2.45, 2.75) is 335 Å². The molecule has 75 heavy (non-hydrogen) atoms. The van der Waals surface area contributed by atoms with Crippen LogP contribution in [0, 0.1) is 0 Å². The molecule has 434 valence electrons. The summed E-state index contributed by atoms with van der Waals surface area (Å²) in [6.07, 6.45) is 82.6. The lowest BCUT2D eigenvalue weighted by Gasteiger charge is -2.18. The van der Waals surface area contributed by atoms with Crippen molar-refractivity contribution in [2.24, 2.45) is 0 Å². The van der Waals surface area contributed by atoms with Crippen molar-refractivity contribution >= 4 is 17.9 Å². The van der Waals surface area contributed by atoms with Gasteiger partial charge in [0, 0.05) is 19.3 Å². The molecule has 0 spiro atoms. The Balaban J connectivity index is 3.91. The van der Waals surface area contributed by atoms with Gasteiger partial charge in [-0.2, -0.15) is 0 Å². The summed E-state index contributed by atoms with van der Waals surface area (Å²) in [5.74, 6) is -0.876. The van der Waals surface area contributed by atoms with Crippen LogP contribution in [0.1, 0.15) is 329 Å². The molecule has 1 atom stereocenters. The Morgan fingerprint density at radius 1 is 0.280 bits per heavy atom. The van der Waals surface area contributed by atoms with E-state index in [2.05, 4.69) is 93.7 Å². The van der Waals surface area contributed by atoms with Crippen LogP contribution in [-0.4, -0.2) is 37.2 Å². The molecule has 6 nitrogen and oxygen atoms in total. The number of allylic oxidation sites excluding steroid dienone is 12. The minimum Gasteiger partial charge on any atom is -0.462 e. The van der Waals surface area contributed by atoms with Gasteiger partial charge in [-0.05, 0) is 89.9 Å². The molecule has 0 fully saturated rings. The maximum atomic E-state index is 12.8. The molecule has 0 amide bonds. The van der Waals surface area contributed by atoms with Gasteiger partial charge in [0.05, 0.1) is 0 Å². The van der Waals surface area contributed by atoms with Crippen LogP contribution in [0.25, 0.3) is 0 Å². The molecular formula is C69H122O6. The van der Waals surface area contributed by atoms with E-state index in [0.717, 1.165) is 96.3 Å². The largest absolute Gasteiger partial charge is 0.462 e. The van der Waals surface area contributed by atoms with Crippen molar-refractivity contribution in [3.63, 3.8) is 0 Å². The highest BCUT2D eigenvalue weighted by molar-refractivity contribution is 5.71. The van der Waals surface area contributed by atoms with Gasteiger partial charge in [-0.25, -0.2) is 0 Å². The minimum absolute atomic E-state index is 0.0725. The fourth-order valence-corrected chi connectivity index (χ4v) is 9.35. The van der Waals surface area contributed by atoms with Gasteiger partial charge < -0.3 is 14.2 Å². The first kappa shape index (κ1) is 71.8. The normalized spacial score (nSPS) is 12.5. The SMILES string of the molecule is CC/C=C\C/C=C\C/C=C\C/C=C\C/C=C\CCCCCCCCCCCCCCCCCCCCCC(=O)OCC(COC(=O)CCCCCCC)OC(=O)CCCCCCCCC/C=C\CCCCCCCC. The van der Waals surface area contributed by atoms with Crippen LogP contribution < -0.4 is 0 Å². The van der Waals surface area contributed by atoms with Crippen molar-refractivity contribution < 1.29 is 28.6 Å². The zero-order valence-corrected chi connectivity index (χ0v) is 49.8. The minimum atomic E-state index is -0.770. The van der Waals surface area contributed by atoms with E-state index >= 15 is 0 Å². The molecule has 0 bridgehead atoms. The van der Waals surface area contributed by atoms with E-state index in [-0.39, 0.29) is 31.1 Å². The molecule has 0 saturated carbocycles. The van der Waals surface area contributed by atoms with Crippen LogP contribution in [0.15, 0.2) is 72.9 Å². The first-order valence-electron chi connectivity index (χ1n) is 32.4. The van der Waals surface area contributed by atoms with Gasteiger partial charge in [0.2, 0.25) is 0 Å². The molecule has 0 rings (SSSR count). The smallest absolute Gasteiger partial charge is 0.306 e. The molecule has 0 saturated heterocycles. The van der Waals surface area contributed by atoms with Crippen LogP contribution in [0.2, 0.25) is 0 Å². The summed E-state index contributed by atoms with van der Waals surface area (Å²) in [7, 11) is 0. The molecule has 0 aromatic heterocycles. The number of hydrogen-bond donors (Lipinski definition) is 0. The lowest BCUT2D eigenvalue weighted by atomic mass is 10.0. The number of carbonyl (C=O) groups excluding carboxylic acids is 3. The topological polar surface area (TPSA) is 78.9 Å². The first-order chi connectivity index (χ1) is 37.0. The number of hydrogen-bond acceptors (Lipinski definition) is 6. The highest BCUT2D eigenvalue weighted by Gasteiger charge is 2.19. The maximum absolute atomic E-state index is 12.8. The van der Waals surface area contributed by atoms with Crippen LogP contribution in [0.4, 0.5) is 0 Å². The third-order valence-electron chi connectivity index (χ3n) is 14.2. The molecule has 0 N–H and O–H groups in total. The summed E-state index contributed by atoms with van der Waals surface area (Å²) < 4.78 is 16.8. The molecule has 0 aliphatic rings. The van der Waals surface area contributed by atoms with Crippen molar-refractivity contribution in [2.75, 3.05) is 13.2 Å². The number of carbonyl (C=O) groups is 3. The molecule has 0 heterocycles. The standard InChI is InChI=1S/C69H122O6/c1-4-7-10-13-15-17-19-21-23-25-26-27-28-29-30-31-32-33-34-35-36-37-38-39-40-41-42-44-45-47-49-51-53-56-59-62-68(71)74-65-66(64-73-67(70)61-58-55-12-9-6-3)75-69(72)63-60-57-54-52-50-48-46-43-24-22-20-18-16-14-11-8-5-2/h7,10,15,17,21-24,26-27,29-30,66H,4-6,8-9,11-14,16,18-20,25,28,31-65H2,1-3H3/b10-7-,17-15-,23-21-,24-22-,27-26-,30-29-. The highest BCUT2D eigenvalue weighted by atomic mass is 16.6. The third-order valence-corrected chi connectivity index (χ3v) is 14.2. The molecule has 6 heteroatoms. The summed E-state index contributed by atoms with van der Waals surface area (Å²) >= 11 is 0. The Morgan fingerprint density at radius 3 is 0.827 bits per heavy atom. The average molecular weight is 1050 g/mol. The fourth-order valence-electron chi connectivity index (χ4n) is 9.35. The van der Waals surface area contributed by atoms with Gasteiger partial charge in [0.1, 0.15) is 13.2 Å². The molecule has 0 aliphatic heterocycles. The summed E-state index contributed by atoms with van der Waals surface area (Å²) in [4.78, 5) is 37.9. The summed E-state index contributed by atoms with van der Waals surface area (Å²) in [6.45, 7) is 6.47. The van der Waals surface area contributed by atoms with Crippen LogP contribution in [-0.2, 0) is 28.6 Å². The van der Waals surface area contributed by atoms with Gasteiger partial charge in [-0.1, -0.05) is 293 Å². The van der Waals surface area contributed by atoms with E-state index in [1.54, 1.807) is 0 Å². The maximum Gasteiger partial charge on any atom is 0.306 e. The quantitative estimate of drug-likeness (QED) is 0.0261. The van der Waals surface area contributed by atoms with E-state index in [1.165, 1.54) is 193 Å². The average Bonchev–Trinajstić information content (AvgIpc) is 3.41. The van der Waals surface area contributed by atoms with Gasteiger partial charge in [0.15, 0.2) is 6.10 Å². The fraction of sp³-hybridized carbons (Fsp3) is 0.783. The van der Waals surface area contributed by atoms with Crippen molar-refractivity contribution in [3.05, 3.63) is 72.9 Å². The van der Waals surface area contributed by atoms with E-state index in [1.807, 2.05) is 0 Å². The molecule has 0 aromatic rings. The second kappa shape index (κ2) is 63.4. The van der Waals surface area contributed by atoms with E-state index in [0.29, 0.717) is 19.3 Å². The van der Waals surface area contributed by atoms with Gasteiger partial charge in [-0.3, -0.25) is 14.4 Å². The Kier molecular flexibility index (Phi) is 60.7. The molecule has 0 aromatic carbocycles. The number of unbranched alkanes of at least 4 members (excludes halogenated alkanes) is 36. The summed E-state index contributed by atoms with van der Waals surface area (Å²) in [5, 5.41) is 0. The van der Waals surface area contributed by atoms with E-state index in [4.69, 9.17) is 14.2 Å². The third kappa shape index (κ3) is 61.6. The van der Waals surface area contributed by atoms with Gasteiger partial charge >= 0.3 is 17.9 Å². The van der Waals surface area contributed by atoms with E-state index < -0.39 is 6.10 Å². The lowest BCUT2D eigenvalue weighted by Crippen LogP contribution is -2.30. The Morgan fingerprint density at radius 2 is 0.520 bits per heavy atom. The van der Waals surface area contributed by atoms with Crippen LogP contribution in [0.5, 0.6) is 0 Å². The lowest BCUT2D eigenvalue weighted by molar-refractivity contribution is -0.167. The predicted octanol–water partition coefficient (Wildman–Crippen LogP) is 22.1. The Hall–Kier alpha value is -3.15. The Bertz CT molecular complexity index is 1390. The van der Waals surface area contributed by atoms with Gasteiger partial charge in [0.25, 0.3) is 0 Å². The monoisotopic (exact) mass is 1050 g/mol. The number of ether oxygens (including phenoxy) is 3. The second-order valence-corrected chi connectivity index (χ2v) is 21.6. The molecule has 1 unspecified atom stereocenters. The highest BCUT2D eigenvalue weighted by Crippen LogP contribution is 2.17. The summed E-state index contributed by atoms with van der Waals surface area (Å²) in [6, 6.07) is 0. The van der Waals surface area contributed by atoms with Crippen molar-refractivity contribution in [1.29, 1.82) is 0 Å².